The van der Waals surface area contributed by atoms with Crippen LogP contribution in [-0.2, 0) is 30.7 Å². The predicted molar refractivity (Wildman–Crippen MR) is 114 cm³/mol. The lowest BCUT2D eigenvalue weighted by molar-refractivity contribution is -0.116. The number of carbonyl (C=O) groups is 1. The minimum atomic E-state index is -0.0280. The van der Waals surface area contributed by atoms with Gasteiger partial charge in [-0.2, -0.15) is 10.2 Å². The summed E-state index contributed by atoms with van der Waals surface area (Å²) < 4.78 is 3.90. The third-order valence-electron chi connectivity index (χ3n) is 4.96. The summed E-state index contributed by atoms with van der Waals surface area (Å²) in [5.41, 5.74) is 4.55. The van der Waals surface area contributed by atoms with Crippen LogP contribution in [0.1, 0.15) is 42.8 Å². The van der Waals surface area contributed by atoms with Crippen LogP contribution in [0.2, 0.25) is 0 Å². The molecule has 7 heteroatoms. The Bertz CT molecular complexity index is 942. The molecule has 3 aromatic heterocycles. The largest absolute Gasteiger partial charge is 0.309 e. The van der Waals surface area contributed by atoms with E-state index in [1.165, 1.54) is 11.1 Å². The van der Waals surface area contributed by atoms with Gasteiger partial charge in [0.2, 0.25) is 5.91 Å². The Morgan fingerprint density at radius 1 is 1.10 bits per heavy atom. The number of hydrogen-bond donors (Lipinski definition) is 1. The lowest BCUT2D eigenvalue weighted by Gasteiger charge is -2.08. The van der Waals surface area contributed by atoms with Crippen molar-refractivity contribution < 1.29 is 4.79 Å². The Hall–Kier alpha value is -2.96. The standard InChI is InChI=1S/C22H30N6O/c1-16(2)15-28-18(4)20(17(3)25-28)5-6-22(29)24-21-10-14-27(26-21)13-9-19-7-11-23-12-8-19/h7-8,10-12,14,16H,5-6,9,13,15H2,1-4H3,(H,24,26,29). The number of anilines is 1. The van der Waals surface area contributed by atoms with Crippen LogP contribution in [0.4, 0.5) is 5.82 Å². The van der Waals surface area contributed by atoms with E-state index >= 15 is 0 Å². The zero-order valence-electron chi connectivity index (χ0n) is 17.7. The van der Waals surface area contributed by atoms with E-state index in [0.29, 0.717) is 24.6 Å². The van der Waals surface area contributed by atoms with Crippen molar-refractivity contribution in [3.63, 3.8) is 0 Å². The molecule has 0 aliphatic heterocycles. The van der Waals surface area contributed by atoms with Gasteiger partial charge in [0.25, 0.3) is 0 Å². The first-order chi connectivity index (χ1) is 13.9. The third kappa shape index (κ3) is 5.76. The van der Waals surface area contributed by atoms with Gasteiger partial charge in [-0.15, -0.1) is 0 Å². The number of aryl methyl sites for hydroxylation is 3. The van der Waals surface area contributed by atoms with Crippen LogP contribution >= 0.6 is 0 Å². The number of nitrogens with zero attached hydrogens (tertiary/aromatic N) is 5. The fourth-order valence-electron chi connectivity index (χ4n) is 3.41. The molecule has 0 aliphatic rings. The number of hydrogen-bond acceptors (Lipinski definition) is 4. The van der Waals surface area contributed by atoms with Crippen LogP contribution < -0.4 is 5.32 Å². The van der Waals surface area contributed by atoms with Crippen molar-refractivity contribution in [2.24, 2.45) is 5.92 Å². The second-order valence-electron chi connectivity index (χ2n) is 7.84. The van der Waals surface area contributed by atoms with Crippen molar-refractivity contribution in [3.8, 4) is 0 Å². The van der Waals surface area contributed by atoms with Crippen LogP contribution in [-0.4, -0.2) is 30.5 Å². The van der Waals surface area contributed by atoms with Crippen LogP contribution in [0.3, 0.4) is 0 Å². The summed E-state index contributed by atoms with van der Waals surface area (Å²) in [6.45, 7) is 10.1. The minimum Gasteiger partial charge on any atom is -0.309 e. The van der Waals surface area contributed by atoms with Crippen molar-refractivity contribution in [3.05, 3.63) is 59.3 Å². The first-order valence-electron chi connectivity index (χ1n) is 10.2. The molecule has 0 bridgehead atoms. The van der Waals surface area contributed by atoms with Crippen molar-refractivity contribution in [2.45, 2.75) is 60.0 Å². The van der Waals surface area contributed by atoms with E-state index in [2.05, 4.69) is 46.0 Å². The van der Waals surface area contributed by atoms with Gasteiger partial charge in [0, 0.05) is 49.9 Å². The average Bonchev–Trinajstić information content (AvgIpc) is 3.23. The molecule has 154 valence electrons. The van der Waals surface area contributed by atoms with E-state index in [4.69, 9.17) is 0 Å². The second kappa shape index (κ2) is 9.49. The van der Waals surface area contributed by atoms with Gasteiger partial charge < -0.3 is 5.32 Å². The maximum atomic E-state index is 12.4. The molecule has 3 aromatic rings. The number of carbonyl (C=O) groups excluding carboxylic acids is 1. The molecular weight excluding hydrogens is 364 g/mol. The highest BCUT2D eigenvalue weighted by molar-refractivity contribution is 5.89. The minimum absolute atomic E-state index is 0.0280. The third-order valence-corrected chi connectivity index (χ3v) is 4.96. The summed E-state index contributed by atoms with van der Waals surface area (Å²) in [6, 6.07) is 5.83. The lowest BCUT2D eigenvalue weighted by atomic mass is 10.1. The van der Waals surface area contributed by atoms with E-state index < -0.39 is 0 Å². The summed E-state index contributed by atoms with van der Waals surface area (Å²) in [5.74, 6) is 1.10. The molecule has 0 unspecified atom stereocenters. The molecule has 0 aromatic carbocycles. The SMILES string of the molecule is Cc1nn(CC(C)C)c(C)c1CCC(=O)Nc1ccn(CCc2ccncc2)n1. The van der Waals surface area contributed by atoms with E-state index in [9.17, 15) is 4.79 Å². The smallest absolute Gasteiger partial charge is 0.225 e. The lowest BCUT2D eigenvalue weighted by Crippen LogP contribution is -2.14. The average molecular weight is 395 g/mol. The van der Waals surface area contributed by atoms with Crippen LogP contribution in [0.25, 0.3) is 0 Å². The molecule has 0 atom stereocenters. The summed E-state index contributed by atoms with van der Waals surface area (Å²) >= 11 is 0. The first kappa shape index (κ1) is 20.8. The molecule has 0 saturated heterocycles. The highest BCUT2D eigenvalue weighted by atomic mass is 16.1. The van der Waals surface area contributed by atoms with Gasteiger partial charge >= 0.3 is 0 Å². The topological polar surface area (TPSA) is 77.6 Å². The quantitative estimate of drug-likeness (QED) is 0.602. The molecule has 3 heterocycles. The molecule has 1 amide bonds. The summed E-state index contributed by atoms with van der Waals surface area (Å²) in [5, 5.41) is 12.0. The molecular formula is C22H30N6O. The molecule has 0 radical (unpaired) electrons. The van der Waals surface area contributed by atoms with Crippen LogP contribution in [0, 0.1) is 19.8 Å². The van der Waals surface area contributed by atoms with E-state index in [-0.39, 0.29) is 5.91 Å². The number of pyridine rings is 1. The van der Waals surface area contributed by atoms with Crippen LogP contribution in [0.15, 0.2) is 36.8 Å². The normalized spacial score (nSPS) is 11.2. The Morgan fingerprint density at radius 3 is 2.59 bits per heavy atom. The first-order valence-corrected chi connectivity index (χ1v) is 10.2. The molecule has 0 spiro atoms. The van der Waals surface area contributed by atoms with Gasteiger partial charge in [-0.05, 0) is 55.9 Å². The zero-order valence-corrected chi connectivity index (χ0v) is 17.7. The van der Waals surface area contributed by atoms with E-state index in [1.54, 1.807) is 12.4 Å². The Morgan fingerprint density at radius 2 is 1.86 bits per heavy atom. The van der Waals surface area contributed by atoms with Gasteiger partial charge in [0.15, 0.2) is 5.82 Å². The predicted octanol–water partition coefficient (Wildman–Crippen LogP) is 3.56. The Kier molecular flexibility index (Phi) is 6.80. The molecule has 3 rings (SSSR count). The fourth-order valence-corrected chi connectivity index (χ4v) is 3.41. The van der Waals surface area contributed by atoms with Crippen molar-refractivity contribution in [1.29, 1.82) is 0 Å². The monoisotopic (exact) mass is 394 g/mol. The fraction of sp³-hybridized carbons (Fsp3) is 0.455. The van der Waals surface area contributed by atoms with Gasteiger partial charge in [0.1, 0.15) is 0 Å². The summed E-state index contributed by atoms with van der Waals surface area (Å²) in [6.07, 6.45) is 7.45. The second-order valence-corrected chi connectivity index (χ2v) is 7.84. The van der Waals surface area contributed by atoms with Crippen molar-refractivity contribution >= 4 is 11.7 Å². The zero-order chi connectivity index (χ0) is 20.8. The Labute approximate surface area is 172 Å². The van der Waals surface area contributed by atoms with Crippen molar-refractivity contribution in [2.75, 3.05) is 5.32 Å². The van der Waals surface area contributed by atoms with Gasteiger partial charge in [-0.3, -0.25) is 19.1 Å². The van der Waals surface area contributed by atoms with Crippen molar-refractivity contribution in [1.82, 2.24) is 24.5 Å². The molecule has 0 fully saturated rings. The van der Waals surface area contributed by atoms with Crippen LogP contribution in [0.5, 0.6) is 0 Å². The highest BCUT2D eigenvalue weighted by Crippen LogP contribution is 2.17. The highest BCUT2D eigenvalue weighted by Gasteiger charge is 2.14. The molecule has 0 aliphatic carbocycles. The number of rotatable bonds is 9. The molecule has 1 N–H and O–H groups in total. The summed E-state index contributed by atoms with van der Waals surface area (Å²) in [7, 11) is 0. The maximum absolute atomic E-state index is 12.4. The number of aromatic nitrogens is 5. The van der Waals surface area contributed by atoms with E-state index in [1.807, 2.05) is 36.0 Å². The maximum Gasteiger partial charge on any atom is 0.225 e. The molecule has 7 nitrogen and oxygen atoms in total. The Balaban J connectivity index is 1.50. The van der Waals surface area contributed by atoms with E-state index in [0.717, 1.165) is 30.9 Å². The van der Waals surface area contributed by atoms with Gasteiger partial charge in [0.05, 0.1) is 5.69 Å². The summed E-state index contributed by atoms with van der Waals surface area (Å²) in [4.78, 5) is 16.4. The molecule has 29 heavy (non-hydrogen) atoms. The number of amides is 1. The van der Waals surface area contributed by atoms with Gasteiger partial charge in [-0.25, -0.2) is 0 Å². The van der Waals surface area contributed by atoms with Gasteiger partial charge in [-0.1, -0.05) is 13.8 Å². The number of nitrogens with one attached hydrogen (secondary N) is 1. The molecule has 0 saturated carbocycles.